The van der Waals surface area contributed by atoms with E-state index in [4.69, 9.17) is 9.15 Å². The molecule has 2 fully saturated rings. The first kappa shape index (κ1) is 28.8. The van der Waals surface area contributed by atoms with Gasteiger partial charge >= 0.3 is 0 Å². The minimum Gasteiger partial charge on any atom is -0.459 e. The largest absolute Gasteiger partial charge is 0.459 e. The van der Waals surface area contributed by atoms with Crippen LogP contribution in [0.2, 0.25) is 0 Å². The summed E-state index contributed by atoms with van der Waals surface area (Å²) >= 11 is 0. The number of anilines is 1. The molecular formula is C34H34N2O7. The summed E-state index contributed by atoms with van der Waals surface area (Å²) in [7, 11) is 0. The number of hydrogen-bond acceptors (Lipinski definition) is 7. The number of amides is 2. The molecule has 0 saturated carbocycles. The molecule has 4 atom stereocenters. The van der Waals surface area contributed by atoms with Gasteiger partial charge in [-0.3, -0.25) is 19.7 Å². The summed E-state index contributed by atoms with van der Waals surface area (Å²) in [5.41, 5.74) is 4.50. The van der Waals surface area contributed by atoms with E-state index >= 15 is 0 Å². The first-order valence-corrected chi connectivity index (χ1v) is 14.7. The number of carbonyl (C=O) groups excluding carboxylic acids is 2. The SMILES string of the molecule is CC(C)C1=C2[C@@H](CC/C(=C/c3ccc(CO)o3)c3ccccc3)OC[C@@H]2[C@@H]2C(=O)N(c3cccc([N+](=O)[O-])c3)C(=O)[C@@H]2C1. The molecule has 9 heteroatoms. The highest BCUT2D eigenvalue weighted by Gasteiger charge is 2.57. The topological polar surface area (TPSA) is 123 Å². The number of imide groups is 1. The number of allylic oxidation sites excluding steroid dienone is 2. The van der Waals surface area contributed by atoms with E-state index in [-0.39, 0.29) is 47.7 Å². The van der Waals surface area contributed by atoms with Crippen molar-refractivity contribution in [2.75, 3.05) is 11.5 Å². The molecule has 1 N–H and O–H groups in total. The van der Waals surface area contributed by atoms with Gasteiger partial charge in [-0.1, -0.05) is 55.8 Å². The summed E-state index contributed by atoms with van der Waals surface area (Å²) in [4.78, 5) is 39.5. The van der Waals surface area contributed by atoms with Gasteiger partial charge in [-0.25, -0.2) is 4.90 Å². The molecular weight excluding hydrogens is 548 g/mol. The second kappa shape index (κ2) is 11.7. The van der Waals surface area contributed by atoms with E-state index in [9.17, 15) is 24.8 Å². The van der Waals surface area contributed by atoms with Crippen LogP contribution in [0.4, 0.5) is 11.4 Å². The number of benzene rings is 2. The molecule has 6 rings (SSSR count). The van der Waals surface area contributed by atoms with Gasteiger partial charge in [0.1, 0.15) is 18.1 Å². The van der Waals surface area contributed by atoms with Crippen LogP contribution in [0.25, 0.3) is 11.6 Å². The average Bonchev–Trinajstić information content (AvgIpc) is 3.71. The van der Waals surface area contributed by atoms with Crippen LogP contribution in [0.5, 0.6) is 0 Å². The highest BCUT2D eigenvalue weighted by molar-refractivity contribution is 6.22. The Bertz CT molecular complexity index is 1620. The highest BCUT2D eigenvalue weighted by atomic mass is 16.6. The van der Waals surface area contributed by atoms with Gasteiger partial charge in [-0.05, 0) is 66.2 Å². The Balaban J connectivity index is 1.28. The standard InChI is InChI=1S/C34H34N2O7/c1-20(2)27-17-28-32(34(39)35(33(28)38)23-9-6-10-24(16-23)36(40)41)29-19-42-30(31(27)29)14-11-22(21-7-4-3-5-8-21)15-25-12-13-26(18-37)43-25/h3-10,12-13,15-16,20,28-30,32,37H,11,14,17-19H2,1-2H3/b22-15-/t28-,29+,30-,32-/m1/s1. The molecule has 9 nitrogen and oxygen atoms in total. The molecule has 2 aliphatic heterocycles. The summed E-state index contributed by atoms with van der Waals surface area (Å²) in [6.45, 7) is 4.40. The van der Waals surface area contributed by atoms with Crippen LogP contribution in [0.3, 0.4) is 0 Å². The predicted octanol–water partition coefficient (Wildman–Crippen LogP) is 6.18. The highest BCUT2D eigenvalue weighted by Crippen LogP contribution is 2.52. The second-order valence-electron chi connectivity index (χ2n) is 11.7. The maximum atomic E-state index is 13.9. The zero-order chi connectivity index (χ0) is 30.2. The Morgan fingerprint density at radius 3 is 2.56 bits per heavy atom. The zero-order valence-corrected chi connectivity index (χ0v) is 24.1. The number of rotatable bonds is 9. The predicted molar refractivity (Wildman–Crippen MR) is 160 cm³/mol. The molecule has 0 unspecified atom stereocenters. The van der Waals surface area contributed by atoms with Gasteiger partial charge in [-0.2, -0.15) is 0 Å². The first-order chi connectivity index (χ1) is 20.8. The molecule has 222 valence electrons. The van der Waals surface area contributed by atoms with E-state index in [1.165, 1.54) is 23.8 Å². The lowest BCUT2D eigenvalue weighted by Gasteiger charge is -2.33. The first-order valence-electron chi connectivity index (χ1n) is 14.7. The lowest BCUT2D eigenvalue weighted by molar-refractivity contribution is -0.384. The molecule has 2 aromatic carbocycles. The maximum Gasteiger partial charge on any atom is 0.271 e. The number of fused-ring (bicyclic) bond motifs is 3. The number of hydrogen-bond donors (Lipinski definition) is 1. The molecule has 3 aromatic rings. The summed E-state index contributed by atoms with van der Waals surface area (Å²) in [6, 6.07) is 19.4. The zero-order valence-electron chi connectivity index (χ0n) is 24.1. The molecule has 2 amide bonds. The van der Waals surface area contributed by atoms with E-state index in [1.807, 2.05) is 30.3 Å². The molecule has 2 saturated heterocycles. The summed E-state index contributed by atoms with van der Waals surface area (Å²) in [5.74, 6) is -0.577. The van der Waals surface area contributed by atoms with Crippen LogP contribution in [0.1, 0.15) is 50.2 Å². The molecule has 1 aromatic heterocycles. The van der Waals surface area contributed by atoms with Crippen molar-refractivity contribution in [3.05, 3.63) is 105 Å². The number of nitro groups is 1. The van der Waals surface area contributed by atoms with Gasteiger partial charge in [0.05, 0.1) is 35.2 Å². The van der Waals surface area contributed by atoms with Gasteiger partial charge in [0.25, 0.3) is 5.69 Å². The van der Waals surface area contributed by atoms with Crippen molar-refractivity contribution in [2.45, 2.75) is 45.8 Å². The van der Waals surface area contributed by atoms with E-state index in [2.05, 4.69) is 26.0 Å². The van der Waals surface area contributed by atoms with E-state index in [0.717, 1.165) is 21.6 Å². The fraction of sp³-hybridized carbons (Fsp3) is 0.353. The van der Waals surface area contributed by atoms with Crippen LogP contribution < -0.4 is 4.90 Å². The van der Waals surface area contributed by atoms with Crippen molar-refractivity contribution in [2.24, 2.45) is 23.7 Å². The van der Waals surface area contributed by atoms with Crippen molar-refractivity contribution in [1.82, 2.24) is 0 Å². The third-order valence-corrected chi connectivity index (χ3v) is 8.91. The Hall–Kier alpha value is -4.34. The smallest absolute Gasteiger partial charge is 0.271 e. The Kier molecular flexibility index (Phi) is 7.85. The molecule has 0 spiro atoms. The van der Waals surface area contributed by atoms with Crippen molar-refractivity contribution in [3.63, 3.8) is 0 Å². The minimum absolute atomic E-state index is 0.164. The number of carbonyl (C=O) groups is 2. The molecule has 43 heavy (non-hydrogen) atoms. The van der Waals surface area contributed by atoms with Gasteiger partial charge < -0.3 is 14.3 Å². The fourth-order valence-corrected chi connectivity index (χ4v) is 6.93. The van der Waals surface area contributed by atoms with E-state index < -0.39 is 16.8 Å². The van der Waals surface area contributed by atoms with Crippen LogP contribution in [-0.2, 0) is 20.9 Å². The summed E-state index contributed by atoms with van der Waals surface area (Å²) in [6.07, 6.45) is 3.64. The van der Waals surface area contributed by atoms with E-state index in [1.54, 1.807) is 12.1 Å². The van der Waals surface area contributed by atoms with E-state index in [0.29, 0.717) is 37.4 Å². The van der Waals surface area contributed by atoms with Crippen LogP contribution >= 0.6 is 0 Å². The average molecular weight is 583 g/mol. The number of aliphatic hydroxyl groups excluding tert-OH is 1. The number of aliphatic hydroxyl groups is 1. The Morgan fingerprint density at radius 2 is 1.86 bits per heavy atom. The van der Waals surface area contributed by atoms with Crippen molar-refractivity contribution in [3.8, 4) is 0 Å². The third kappa shape index (κ3) is 5.34. The van der Waals surface area contributed by atoms with Crippen LogP contribution in [0.15, 0.2) is 82.3 Å². The Morgan fingerprint density at radius 1 is 1.07 bits per heavy atom. The van der Waals surface area contributed by atoms with Crippen molar-refractivity contribution >= 4 is 34.8 Å². The molecule has 0 radical (unpaired) electrons. The van der Waals surface area contributed by atoms with Crippen molar-refractivity contribution < 1.29 is 28.8 Å². The molecule has 0 bridgehead atoms. The minimum atomic E-state index is -0.557. The van der Waals surface area contributed by atoms with Gasteiger partial charge in [0.2, 0.25) is 11.8 Å². The quantitative estimate of drug-likeness (QED) is 0.138. The lowest BCUT2D eigenvalue weighted by atomic mass is 9.67. The molecule has 3 heterocycles. The number of non-ortho nitro benzene ring substituents is 1. The fourth-order valence-electron chi connectivity index (χ4n) is 6.93. The third-order valence-electron chi connectivity index (χ3n) is 8.91. The maximum absolute atomic E-state index is 13.9. The number of nitro benzene ring substituents is 1. The normalized spacial score (nSPS) is 23.7. The number of nitrogens with zero attached hydrogens (tertiary/aromatic N) is 2. The monoisotopic (exact) mass is 582 g/mol. The molecule has 3 aliphatic rings. The van der Waals surface area contributed by atoms with Crippen LogP contribution in [0, 0.1) is 33.8 Å². The van der Waals surface area contributed by atoms with Gasteiger partial charge in [0, 0.05) is 18.1 Å². The van der Waals surface area contributed by atoms with Gasteiger partial charge in [-0.15, -0.1) is 0 Å². The lowest BCUT2D eigenvalue weighted by Crippen LogP contribution is -2.35. The summed E-state index contributed by atoms with van der Waals surface area (Å²) in [5, 5.41) is 20.8. The number of furan rings is 1. The Labute approximate surface area is 249 Å². The van der Waals surface area contributed by atoms with Crippen LogP contribution in [-0.4, -0.2) is 34.6 Å². The van der Waals surface area contributed by atoms with Gasteiger partial charge in [0.15, 0.2) is 0 Å². The summed E-state index contributed by atoms with van der Waals surface area (Å²) < 4.78 is 12.2. The molecule has 1 aliphatic carbocycles. The number of ether oxygens (including phenoxy) is 1. The second-order valence-corrected chi connectivity index (χ2v) is 11.7. The van der Waals surface area contributed by atoms with Crippen molar-refractivity contribution in [1.29, 1.82) is 0 Å².